The number of hydrogen-bond acceptors (Lipinski definition) is 6. The van der Waals surface area contributed by atoms with E-state index < -0.39 is 0 Å². The van der Waals surface area contributed by atoms with Crippen LogP contribution in [0.3, 0.4) is 0 Å². The Morgan fingerprint density at radius 2 is 2.05 bits per heavy atom. The Morgan fingerprint density at radius 3 is 2.70 bits per heavy atom. The highest BCUT2D eigenvalue weighted by molar-refractivity contribution is 6.45. The lowest BCUT2D eigenvalue weighted by Crippen LogP contribution is -2.21. The van der Waals surface area contributed by atoms with Crippen molar-refractivity contribution in [1.82, 2.24) is 9.97 Å². The van der Waals surface area contributed by atoms with Gasteiger partial charge in [-0.2, -0.15) is 10.4 Å². The Hall–Kier alpha value is -3.27. The molecule has 1 aromatic carbocycles. The molecule has 0 radical (unpaired) electrons. The fourth-order valence-electron chi connectivity index (χ4n) is 1.44. The third-order valence-corrected chi connectivity index (χ3v) is 2.34. The Kier molecular flexibility index (Phi) is 3.99. The van der Waals surface area contributed by atoms with Crippen molar-refractivity contribution in [2.24, 2.45) is 10.8 Å². The summed E-state index contributed by atoms with van der Waals surface area (Å²) >= 11 is 0. The predicted octanol–water partition coefficient (Wildman–Crippen LogP) is 1.37. The maximum absolute atomic E-state index is 8.75. The minimum atomic E-state index is -0.387. The molecule has 0 fully saturated rings. The summed E-state index contributed by atoms with van der Waals surface area (Å²) in [5.41, 5.74) is 9.16. The molecule has 0 saturated carbocycles. The zero-order chi connectivity index (χ0) is 14.4. The van der Waals surface area contributed by atoms with Gasteiger partial charge in [-0.3, -0.25) is 10.8 Å². The molecule has 20 heavy (non-hydrogen) atoms. The zero-order valence-corrected chi connectivity index (χ0v) is 10.4. The van der Waals surface area contributed by atoms with E-state index in [2.05, 4.69) is 20.5 Å². The van der Waals surface area contributed by atoms with Crippen LogP contribution in [-0.4, -0.2) is 21.5 Å². The molecule has 0 aliphatic carbocycles. The van der Waals surface area contributed by atoms with Crippen LogP contribution >= 0.6 is 0 Å². The van der Waals surface area contributed by atoms with Gasteiger partial charge in [0.05, 0.1) is 5.69 Å². The van der Waals surface area contributed by atoms with Gasteiger partial charge in [0.2, 0.25) is 5.71 Å². The smallest absolute Gasteiger partial charge is 0.201 e. The molecule has 1 aromatic heterocycles. The molecule has 2 aromatic rings. The van der Waals surface area contributed by atoms with E-state index in [0.717, 1.165) is 5.56 Å². The lowest BCUT2D eigenvalue weighted by Gasteiger charge is -2.04. The third-order valence-electron chi connectivity index (χ3n) is 2.34. The average molecular weight is 265 g/mol. The van der Waals surface area contributed by atoms with Gasteiger partial charge in [-0.1, -0.05) is 12.1 Å². The summed E-state index contributed by atoms with van der Waals surface area (Å²) in [4.78, 5) is 8.30. The van der Waals surface area contributed by atoms with Crippen LogP contribution in [0, 0.1) is 16.7 Å². The van der Waals surface area contributed by atoms with Gasteiger partial charge < -0.3 is 5.73 Å². The van der Waals surface area contributed by atoms with Crippen molar-refractivity contribution in [1.29, 1.82) is 10.7 Å². The fraction of sp³-hybridized carbons (Fsp3) is 0. The summed E-state index contributed by atoms with van der Waals surface area (Å²) in [6, 6.07) is 10.7. The van der Waals surface area contributed by atoms with Gasteiger partial charge in [-0.05, 0) is 18.2 Å². The number of aromatic nitrogens is 2. The molecule has 7 heteroatoms. The molecule has 0 aliphatic rings. The summed E-state index contributed by atoms with van der Waals surface area (Å²) in [6.07, 6.45) is 3.31. The minimum absolute atomic E-state index is 0.175. The van der Waals surface area contributed by atoms with Gasteiger partial charge in [0.15, 0.2) is 11.7 Å². The minimum Gasteiger partial charge on any atom is -0.382 e. The largest absolute Gasteiger partial charge is 0.382 e. The summed E-state index contributed by atoms with van der Waals surface area (Å²) in [7, 11) is 0. The number of benzene rings is 1. The van der Waals surface area contributed by atoms with Crippen molar-refractivity contribution in [3.8, 4) is 17.5 Å². The van der Waals surface area contributed by atoms with Crippen molar-refractivity contribution >= 4 is 17.2 Å². The SMILES string of the molecule is N#C/C(=N\Nc1cccc(-c2ncccn2)c1)C(=N)N. The Morgan fingerprint density at radius 1 is 1.30 bits per heavy atom. The number of amidine groups is 1. The number of nitrogens with one attached hydrogen (secondary N) is 2. The van der Waals surface area contributed by atoms with E-state index in [-0.39, 0.29) is 11.5 Å². The highest BCUT2D eigenvalue weighted by Crippen LogP contribution is 2.18. The molecule has 98 valence electrons. The molecule has 4 N–H and O–H groups in total. The number of hydrazone groups is 1. The van der Waals surface area contributed by atoms with E-state index in [1.165, 1.54) is 0 Å². The molecule has 1 heterocycles. The van der Waals surface area contributed by atoms with E-state index in [1.807, 2.05) is 12.1 Å². The normalized spacial score (nSPS) is 10.7. The maximum Gasteiger partial charge on any atom is 0.201 e. The summed E-state index contributed by atoms with van der Waals surface area (Å²) in [5.74, 6) is 0.203. The molecule has 0 saturated heterocycles. The molecular weight excluding hydrogens is 254 g/mol. The van der Waals surface area contributed by atoms with Crippen molar-refractivity contribution in [2.45, 2.75) is 0 Å². The molecule has 0 spiro atoms. The molecule has 7 nitrogen and oxygen atoms in total. The van der Waals surface area contributed by atoms with Gasteiger partial charge >= 0.3 is 0 Å². The van der Waals surface area contributed by atoms with E-state index in [9.17, 15) is 0 Å². The number of rotatable bonds is 4. The first kappa shape index (κ1) is 13.2. The van der Waals surface area contributed by atoms with Crippen LogP contribution in [-0.2, 0) is 0 Å². The van der Waals surface area contributed by atoms with E-state index in [0.29, 0.717) is 11.5 Å². The van der Waals surface area contributed by atoms with E-state index >= 15 is 0 Å². The quantitative estimate of drug-likeness (QED) is 0.437. The summed E-state index contributed by atoms with van der Waals surface area (Å²) in [6.45, 7) is 0. The fourth-order valence-corrected chi connectivity index (χ4v) is 1.44. The van der Waals surface area contributed by atoms with Crippen molar-refractivity contribution in [2.75, 3.05) is 5.43 Å². The lowest BCUT2D eigenvalue weighted by molar-refractivity contribution is 1.17. The zero-order valence-electron chi connectivity index (χ0n) is 10.4. The molecule has 0 atom stereocenters. The third kappa shape index (κ3) is 3.14. The average Bonchev–Trinajstić information content (AvgIpc) is 2.49. The molecular formula is C13H11N7. The van der Waals surface area contributed by atoms with Gasteiger partial charge in [-0.25, -0.2) is 9.97 Å². The number of nitrogens with two attached hydrogens (primary N) is 1. The van der Waals surface area contributed by atoms with Crippen LogP contribution in [0.25, 0.3) is 11.4 Å². The first-order valence-electron chi connectivity index (χ1n) is 5.66. The Bertz CT molecular complexity index is 685. The monoisotopic (exact) mass is 265 g/mol. The highest BCUT2D eigenvalue weighted by atomic mass is 15.3. The summed E-state index contributed by atoms with van der Waals surface area (Å²) in [5, 5.41) is 19.7. The Labute approximate surface area is 115 Å². The first-order valence-corrected chi connectivity index (χ1v) is 5.66. The standard InChI is InChI=1S/C13H11N7/c14-8-11(12(15)16)20-19-10-4-1-3-9(7-10)13-17-5-2-6-18-13/h1-7,19H,(H3,15,16)/b20-11+. The van der Waals surface area contributed by atoms with E-state index in [4.69, 9.17) is 16.4 Å². The second-order valence-electron chi connectivity index (χ2n) is 3.75. The molecule has 0 aliphatic heterocycles. The highest BCUT2D eigenvalue weighted by Gasteiger charge is 2.03. The number of nitriles is 1. The molecule has 0 amide bonds. The molecule has 0 bridgehead atoms. The maximum atomic E-state index is 8.75. The van der Waals surface area contributed by atoms with E-state index in [1.54, 1.807) is 36.7 Å². The Balaban J connectivity index is 2.24. The molecule has 2 rings (SSSR count). The number of hydrogen-bond donors (Lipinski definition) is 3. The van der Waals surface area contributed by atoms with Crippen LogP contribution in [0.4, 0.5) is 5.69 Å². The van der Waals surface area contributed by atoms with Gasteiger partial charge in [0.1, 0.15) is 6.07 Å². The van der Waals surface area contributed by atoms with Crippen LogP contribution in [0.5, 0.6) is 0 Å². The van der Waals surface area contributed by atoms with Crippen molar-refractivity contribution < 1.29 is 0 Å². The molecule has 0 unspecified atom stereocenters. The van der Waals surface area contributed by atoms with Crippen molar-refractivity contribution in [3.63, 3.8) is 0 Å². The number of anilines is 1. The van der Waals surface area contributed by atoms with Gasteiger partial charge in [0.25, 0.3) is 0 Å². The summed E-state index contributed by atoms with van der Waals surface area (Å²) < 4.78 is 0. The lowest BCUT2D eigenvalue weighted by atomic mass is 10.2. The van der Waals surface area contributed by atoms with Gasteiger partial charge in [0, 0.05) is 18.0 Å². The topological polar surface area (TPSA) is 124 Å². The van der Waals surface area contributed by atoms with Crippen LogP contribution in [0.15, 0.2) is 47.8 Å². The van der Waals surface area contributed by atoms with Crippen LogP contribution < -0.4 is 11.2 Å². The first-order chi connectivity index (χ1) is 9.70. The van der Waals surface area contributed by atoms with Crippen LogP contribution in [0.1, 0.15) is 0 Å². The van der Waals surface area contributed by atoms with Crippen molar-refractivity contribution in [3.05, 3.63) is 42.7 Å². The second kappa shape index (κ2) is 6.06. The number of nitrogens with zero attached hydrogens (tertiary/aromatic N) is 4. The van der Waals surface area contributed by atoms with Gasteiger partial charge in [-0.15, -0.1) is 0 Å². The second-order valence-corrected chi connectivity index (χ2v) is 3.75. The predicted molar refractivity (Wildman–Crippen MR) is 76.1 cm³/mol. The van der Waals surface area contributed by atoms with Crippen LogP contribution in [0.2, 0.25) is 0 Å².